The fourth-order valence-electron chi connectivity index (χ4n) is 5.46. The van der Waals surface area contributed by atoms with Crippen LogP contribution >= 0.6 is 0 Å². The number of carbonyl (C=O) groups is 2. The van der Waals surface area contributed by atoms with Gasteiger partial charge < -0.3 is 4.74 Å². The minimum absolute atomic E-state index is 0.471. The molecule has 3 heteroatoms. The first-order valence-electron chi connectivity index (χ1n) is 10.4. The van der Waals surface area contributed by atoms with Gasteiger partial charge in [-0.3, -0.25) is 0 Å². The van der Waals surface area contributed by atoms with E-state index in [0.29, 0.717) is 11.1 Å². The lowest BCUT2D eigenvalue weighted by Gasteiger charge is -2.21. The highest BCUT2D eigenvalue weighted by Crippen LogP contribution is 2.49. The normalized spacial score (nSPS) is 16.6. The summed E-state index contributed by atoms with van der Waals surface area (Å²) in [7, 11) is 0. The Kier molecular flexibility index (Phi) is 3.55. The number of esters is 2. The molecule has 3 nitrogen and oxygen atoms in total. The van der Waals surface area contributed by atoms with E-state index in [0.717, 1.165) is 60.8 Å². The predicted octanol–water partition coefficient (Wildman–Crippen LogP) is 5.31. The lowest BCUT2D eigenvalue weighted by Crippen LogP contribution is -2.08. The number of hydrogen-bond acceptors (Lipinski definition) is 3. The van der Waals surface area contributed by atoms with Crippen molar-refractivity contribution >= 4 is 11.9 Å². The molecule has 0 bridgehead atoms. The maximum Gasteiger partial charge on any atom is 0.347 e. The van der Waals surface area contributed by atoms with Crippen molar-refractivity contribution in [3.05, 3.63) is 81.9 Å². The first-order valence-corrected chi connectivity index (χ1v) is 10.4. The van der Waals surface area contributed by atoms with Gasteiger partial charge in [0.15, 0.2) is 0 Å². The van der Waals surface area contributed by atoms with Crippen LogP contribution in [0.1, 0.15) is 55.8 Å². The SMILES string of the molecule is O=C1OC(=O)c2c3c(c4c(c21)CCCc1ccccc1-4)-c1ccccc1CCC3. The molecule has 1 aliphatic heterocycles. The number of rotatable bonds is 0. The summed E-state index contributed by atoms with van der Waals surface area (Å²) in [6.07, 6.45) is 5.42. The molecule has 3 aromatic carbocycles. The number of ether oxygens (including phenoxy) is 1. The van der Waals surface area contributed by atoms with E-state index in [1.165, 1.54) is 22.3 Å². The van der Waals surface area contributed by atoms with Crippen molar-refractivity contribution in [1.82, 2.24) is 0 Å². The molecule has 6 rings (SSSR count). The first kappa shape index (κ1) is 16.7. The topological polar surface area (TPSA) is 43.4 Å². The highest BCUT2D eigenvalue weighted by atomic mass is 16.6. The van der Waals surface area contributed by atoms with Gasteiger partial charge in [-0.05, 0) is 83.0 Å². The van der Waals surface area contributed by atoms with Crippen LogP contribution in [0.15, 0.2) is 48.5 Å². The minimum Gasteiger partial charge on any atom is -0.386 e. The number of cyclic esters (lactones) is 2. The largest absolute Gasteiger partial charge is 0.386 e. The molecule has 3 aliphatic rings. The smallest absolute Gasteiger partial charge is 0.347 e. The van der Waals surface area contributed by atoms with E-state index in [2.05, 4.69) is 48.5 Å². The predicted molar refractivity (Wildman–Crippen MR) is 111 cm³/mol. The second-order valence-corrected chi connectivity index (χ2v) is 8.16. The number of fused-ring (bicyclic) bond motifs is 10. The van der Waals surface area contributed by atoms with Gasteiger partial charge in [0.05, 0.1) is 11.1 Å². The summed E-state index contributed by atoms with van der Waals surface area (Å²) >= 11 is 0. The van der Waals surface area contributed by atoms with Crippen LogP contribution in [-0.2, 0) is 30.4 Å². The Morgan fingerprint density at radius 1 is 0.552 bits per heavy atom. The number of hydrogen-bond donors (Lipinski definition) is 0. The van der Waals surface area contributed by atoms with E-state index in [4.69, 9.17) is 4.74 Å². The third-order valence-electron chi connectivity index (χ3n) is 6.62. The van der Waals surface area contributed by atoms with Gasteiger partial charge in [-0.2, -0.15) is 0 Å². The molecule has 0 aromatic heterocycles. The van der Waals surface area contributed by atoms with Crippen LogP contribution in [0.3, 0.4) is 0 Å². The average molecular weight is 380 g/mol. The van der Waals surface area contributed by atoms with Crippen molar-refractivity contribution in [3.63, 3.8) is 0 Å². The van der Waals surface area contributed by atoms with Crippen molar-refractivity contribution in [2.75, 3.05) is 0 Å². The summed E-state index contributed by atoms with van der Waals surface area (Å²) in [5.74, 6) is -0.943. The van der Waals surface area contributed by atoms with Gasteiger partial charge in [-0.15, -0.1) is 0 Å². The quantitative estimate of drug-likeness (QED) is 0.392. The van der Waals surface area contributed by atoms with E-state index in [9.17, 15) is 9.59 Å². The summed E-state index contributed by atoms with van der Waals surface area (Å²) in [6, 6.07) is 17.0. The second kappa shape index (κ2) is 6.15. The molecule has 0 spiro atoms. The van der Waals surface area contributed by atoms with Gasteiger partial charge in [0, 0.05) is 0 Å². The summed E-state index contributed by atoms with van der Waals surface area (Å²) in [4.78, 5) is 25.5. The van der Waals surface area contributed by atoms with Crippen molar-refractivity contribution in [3.8, 4) is 22.3 Å². The Hall–Kier alpha value is -3.20. The third kappa shape index (κ3) is 2.30. The molecular formula is C26H20O3. The molecule has 0 saturated carbocycles. The fourth-order valence-corrected chi connectivity index (χ4v) is 5.46. The van der Waals surface area contributed by atoms with E-state index < -0.39 is 11.9 Å². The number of aryl methyl sites for hydroxylation is 2. The Labute approximate surface area is 169 Å². The Morgan fingerprint density at radius 3 is 1.48 bits per heavy atom. The van der Waals surface area contributed by atoms with Crippen LogP contribution < -0.4 is 0 Å². The summed E-state index contributed by atoms with van der Waals surface area (Å²) in [5, 5.41) is 0. The molecule has 0 unspecified atom stereocenters. The van der Waals surface area contributed by atoms with Gasteiger partial charge in [-0.25, -0.2) is 9.59 Å². The van der Waals surface area contributed by atoms with Crippen molar-refractivity contribution in [2.24, 2.45) is 0 Å². The number of carbonyl (C=O) groups excluding carboxylic acids is 2. The Morgan fingerprint density at radius 2 is 1.00 bits per heavy atom. The summed E-state index contributed by atoms with van der Waals surface area (Å²) in [6.45, 7) is 0. The standard InChI is InChI=1S/C26H20O3/c27-25-23-19-13-5-9-15-7-1-3-11-17(15)21(19)22-18-12-4-2-8-16(18)10-6-14-20(22)24(23)26(28)29-25/h1-4,7-8,11-12H,5-6,9-10,13-14H2. The van der Waals surface area contributed by atoms with Crippen LogP contribution in [0.4, 0.5) is 0 Å². The summed E-state index contributed by atoms with van der Waals surface area (Å²) in [5.41, 5.74) is 10.4. The molecule has 0 saturated heterocycles. The van der Waals surface area contributed by atoms with Crippen LogP contribution in [0.5, 0.6) is 0 Å². The molecule has 2 aliphatic carbocycles. The zero-order valence-corrected chi connectivity index (χ0v) is 16.1. The molecule has 0 fully saturated rings. The van der Waals surface area contributed by atoms with E-state index in [1.807, 2.05) is 0 Å². The lowest BCUT2D eigenvalue weighted by molar-refractivity contribution is 0.0443. The van der Waals surface area contributed by atoms with Gasteiger partial charge in [0.2, 0.25) is 0 Å². The van der Waals surface area contributed by atoms with Gasteiger partial charge >= 0.3 is 11.9 Å². The summed E-state index contributed by atoms with van der Waals surface area (Å²) < 4.78 is 5.14. The van der Waals surface area contributed by atoms with Crippen LogP contribution in [0.2, 0.25) is 0 Å². The maximum absolute atomic E-state index is 12.7. The maximum atomic E-state index is 12.7. The van der Waals surface area contributed by atoms with E-state index in [1.54, 1.807) is 0 Å². The van der Waals surface area contributed by atoms with Crippen molar-refractivity contribution in [1.29, 1.82) is 0 Å². The van der Waals surface area contributed by atoms with Crippen LogP contribution in [0.25, 0.3) is 22.3 Å². The molecule has 0 N–H and O–H groups in total. The second-order valence-electron chi connectivity index (χ2n) is 8.16. The van der Waals surface area contributed by atoms with E-state index in [-0.39, 0.29) is 0 Å². The third-order valence-corrected chi connectivity index (χ3v) is 6.62. The first-order chi connectivity index (χ1) is 14.2. The zero-order chi connectivity index (χ0) is 19.5. The molecule has 1 heterocycles. The molecule has 3 aromatic rings. The molecule has 29 heavy (non-hydrogen) atoms. The monoisotopic (exact) mass is 380 g/mol. The van der Waals surface area contributed by atoms with Gasteiger partial charge in [0.25, 0.3) is 0 Å². The molecule has 142 valence electrons. The van der Waals surface area contributed by atoms with Gasteiger partial charge in [0.1, 0.15) is 0 Å². The van der Waals surface area contributed by atoms with Crippen LogP contribution in [-0.4, -0.2) is 11.9 Å². The Balaban J connectivity index is 1.84. The lowest BCUT2D eigenvalue weighted by atomic mass is 9.80. The molecule has 0 atom stereocenters. The van der Waals surface area contributed by atoms with Crippen molar-refractivity contribution < 1.29 is 14.3 Å². The molecule has 0 amide bonds. The fraction of sp³-hybridized carbons (Fsp3) is 0.231. The van der Waals surface area contributed by atoms with Crippen molar-refractivity contribution in [2.45, 2.75) is 38.5 Å². The Bertz CT molecular complexity index is 1120. The number of benzene rings is 3. The zero-order valence-electron chi connectivity index (χ0n) is 16.1. The van der Waals surface area contributed by atoms with Crippen LogP contribution in [0, 0.1) is 0 Å². The highest BCUT2D eigenvalue weighted by Gasteiger charge is 2.40. The van der Waals surface area contributed by atoms with E-state index >= 15 is 0 Å². The minimum atomic E-state index is -0.471. The molecular weight excluding hydrogens is 360 g/mol. The average Bonchev–Trinajstić information content (AvgIpc) is 2.89. The van der Waals surface area contributed by atoms with Gasteiger partial charge in [-0.1, -0.05) is 48.5 Å². The molecule has 0 radical (unpaired) electrons. The highest BCUT2D eigenvalue weighted by molar-refractivity contribution is 6.19.